The van der Waals surface area contributed by atoms with E-state index in [1.165, 1.54) is 35.1 Å². The molecule has 2 heteroatoms. The summed E-state index contributed by atoms with van der Waals surface area (Å²) in [5.74, 6) is 1.67. The van der Waals surface area contributed by atoms with Crippen molar-refractivity contribution in [1.82, 2.24) is 0 Å². The highest BCUT2D eigenvalue weighted by Crippen LogP contribution is 2.40. The average Bonchev–Trinajstić information content (AvgIpc) is 3.64. The molecule has 0 amide bonds. The zero-order chi connectivity index (χ0) is 22.0. The van der Waals surface area contributed by atoms with Crippen LogP contribution in [-0.2, 0) is 6.42 Å². The van der Waals surface area contributed by atoms with Crippen LogP contribution in [0.3, 0.4) is 0 Å². The van der Waals surface area contributed by atoms with Crippen LogP contribution >= 0.6 is 0 Å². The fourth-order valence-corrected chi connectivity index (χ4v) is 4.93. The first-order chi connectivity index (χ1) is 15.0. The maximum absolute atomic E-state index is 10.9. The standard InChI is InChI=1S/C29H37NO/c1-5-19(3)24-13-14-27(28(31)17-24)29-25(15-20(4)22-11-12-22)16-26(18-30-29)23-9-7-21(6-2)8-10-23/h7-10,13-14,17,19,25-26,31H,5-6,11-12,15-16,18H2,1-4H3. The van der Waals surface area contributed by atoms with Crippen LogP contribution in [0.5, 0.6) is 5.75 Å². The normalized spacial score (nSPS) is 21.5. The lowest BCUT2D eigenvalue weighted by atomic mass is 9.78. The van der Waals surface area contributed by atoms with E-state index in [0.717, 1.165) is 43.5 Å². The van der Waals surface area contributed by atoms with Crippen LogP contribution in [0.15, 0.2) is 58.6 Å². The number of phenols is 1. The summed E-state index contributed by atoms with van der Waals surface area (Å²) in [7, 11) is 0. The molecular weight excluding hydrogens is 378 g/mol. The van der Waals surface area contributed by atoms with Crippen molar-refractivity contribution in [3.05, 3.63) is 75.9 Å². The molecule has 0 radical (unpaired) electrons. The summed E-state index contributed by atoms with van der Waals surface area (Å²) in [4.78, 5) is 5.10. The van der Waals surface area contributed by atoms with E-state index in [4.69, 9.17) is 4.99 Å². The second-order valence-corrected chi connectivity index (χ2v) is 9.62. The third-order valence-electron chi connectivity index (χ3n) is 7.43. The van der Waals surface area contributed by atoms with Crippen molar-refractivity contribution in [2.45, 2.75) is 78.1 Å². The van der Waals surface area contributed by atoms with Crippen molar-refractivity contribution in [1.29, 1.82) is 0 Å². The summed E-state index contributed by atoms with van der Waals surface area (Å²) in [6.45, 7) is 9.72. The van der Waals surface area contributed by atoms with Crippen molar-refractivity contribution in [3.8, 4) is 5.75 Å². The van der Waals surface area contributed by atoms with E-state index >= 15 is 0 Å². The van der Waals surface area contributed by atoms with Gasteiger partial charge < -0.3 is 5.11 Å². The molecule has 0 bridgehead atoms. The number of aliphatic imine (C=N–C) groups is 1. The number of phenolic OH excluding ortho intramolecular Hbond substituents is 1. The van der Waals surface area contributed by atoms with Gasteiger partial charge in [-0.15, -0.1) is 0 Å². The van der Waals surface area contributed by atoms with E-state index < -0.39 is 0 Å². The van der Waals surface area contributed by atoms with Gasteiger partial charge in [0.25, 0.3) is 0 Å². The van der Waals surface area contributed by atoms with Gasteiger partial charge in [-0.3, -0.25) is 4.99 Å². The van der Waals surface area contributed by atoms with Crippen LogP contribution in [-0.4, -0.2) is 17.4 Å². The fraction of sp³-hybridized carbons (Fsp3) is 0.483. The minimum Gasteiger partial charge on any atom is -0.507 e. The van der Waals surface area contributed by atoms with Crippen LogP contribution in [0.4, 0.5) is 0 Å². The molecule has 2 aromatic rings. The molecule has 2 aromatic carbocycles. The zero-order valence-electron chi connectivity index (χ0n) is 19.6. The van der Waals surface area contributed by atoms with Gasteiger partial charge in [-0.25, -0.2) is 0 Å². The molecule has 1 fully saturated rings. The number of rotatable bonds is 7. The number of allylic oxidation sites excluding steroid dienone is 2. The summed E-state index contributed by atoms with van der Waals surface area (Å²) in [5, 5.41) is 10.9. The monoisotopic (exact) mass is 415 g/mol. The van der Waals surface area contributed by atoms with E-state index in [0.29, 0.717) is 23.5 Å². The Kier molecular flexibility index (Phi) is 6.65. The largest absolute Gasteiger partial charge is 0.507 e. The smallest absolute Gasteiger partial charge is 0.124 e. The fourth-order valence-electron chi connectivity index (χ4n) is 4.93. The summed E-state index contributed by atoms with van der Waals surface area (Å²) in [6.07, 6.45) is 6.84. The molecule has 3 atom stereocenters. The molecule has 164 valence electrons. The van der Waals surface area contributed by atoms with Gasteiger partial charge >= 0.3 is 0 Å². The van der Waals surface area contributed by atoms with Gasteiger partial charge in [0.2, 0.25) is 0 Å². The lowest BCUT2D eigenvalue weighted by Crippen LogP contribution is -2.26. The van der Waals surface area contributed by atoms with Crippen LogP contribution < -0.4 is 0 Å². The van der Waals surface area contributed by atoms with E-state index in [1.807, 2.05) is 6.07 Å². The molecule has 1 aliphatic carbocycles. The van der Waals surface area contributed by atoms with Gasteiger partial charge in [0.05, 0.1) is 0 Å². The van der Waals surface area contributed by atoms with Crippen molar-refractivity contribution >= 4 is 5.71 Å². The second-order valence-electron chi connectivity index (χ2n) is 9.62. The van der Waals surface area contributed by atoms with Crippen molar-refractivity contribution < 1.29 is 5.11 Å². The number of aromatic hydroxyl groups is 1. The summed E-state index contributed by atoms with van der Waals surface area (Å²) >= 11 is 0. The molecule has 0 spiro atoms. The molecule has 2 nitrogen and oxygen atoms in total. The molecule has 1 aliphatic heterocycles. The third kappa shape index (κ3) is 4.95. The Morgan fingerprint density at radius 2 is 1.84 bits per heavy atom. The molecular formula is C29H37NO. The quantitative estimate of drug-likeness (QED) is 0.465. The molecule has 1 heterocycles. The summed E-state index contributed by atoms with van der Waals surface area (Å²) in [6, 6.07) is 15.4. The van der Waals surface area contributed by atoms with Gasteiger partial charge in [-0.1, -0.05) is 62.2 Å². The first-order valence-corrected chi connectivity index (χ1v) is 12.1. The predicted molar refractivity (Wildman–Crippen MR) is 131 cm³/mol. The summed E-state index contributed by atoms with van der Waals surface area (Å²) < 4.78 is 0. The lowest BCUT2D eigenvalue weighted by molar-refractivity contribution is 0.467. The SMILES string of the molecule is CCc1ccc(C2CN=C(c3ccc(C(C)CC)cc3O)C(CC(C)=C3CC3)C2)cc1. The number of nitrogens with zero attached hydrogens (tertiary/aromatic N) is 1. The molecule has 0 aromatic heterocycles. The zero-order valence-corrected chi connectivity index (χ0v) is 19.6. The Morgan fingerprint density at radius 1 is 1.10 bits per heavy atom. The molecule has 1 saturated carbocycles. The molecule has 31 heavy (non-hydrogen) atoms. The minimum absolute atomic E-state index is 0.359. The topological polar surface area (TPSA) is 32.6 Å². The van der Waals surface area contributed by atoms with Gasteiger partial charge in [-0.05, 0) is 80.2 Å². The lowest BCUT2D eigenvalue weighted by Gasteiger charge is -2.30. The number of hydrogen-bond acceptors (Lipinski definition) is 2. The number of hydrogen-bond donors (Lipinski definition) is 1. The molecule has 0 saturated heterocycles. The Labute approximate surface area is 188 Å². The van der Waals surface area contributed by atoms with Crippen LogP contribution in [0, 0.1) is 5.92 Å². The van der Waals surface area contributed by atoms with Gasteiger partial charge in [0.1, 0.15) is 5.75 Å². The van der Waals surface area contributed by atoms with Gasteiger partial charge in [0.15, 0.2) is 0 Å². The number of aryl methyl sites for hydroxylation is 1. The van der Waals surface area contributed by atoms with Crippen molar-refractivity contribution in [2.24, 2.45) is 10.9 Å². The first-order valence-electron chi connectivity index (χ1n) is 12.1. The first kappa shape index (κ1) is 21.9. The van der Waals surface area contributed by atoms with Crippen LogP contribution in [0.2, 0.25) is 0 Å². The number of benzene rings is 2. The molecule has 1 N–H and O–H groups in total. The van der Waals surface area contributed by atoms with Crippen LogP contribution in [0.25, 0.3) is 0 Å². The molecule has 2 aliphatic rings. The van der Waals surface area contributed by atoms with Crippen molar-refractivity contribution in [2.75, 3.05) is 6.54 Å². The minimum atomic E-state index is 0.359. The maximum Gasteiger partial charge on any atom is 0.124 e. The highest BCUT2D eigenvalue weighted by Gasteiger charge is 2.30. The Hall–Kier alpha value is -2.35. The molecule has 3 unspecified atom stereocenters. The van der Waals surface area contributed by atoms with Gasteiger partial charge in [0, 0.05) is 29.7 Å². The molecule has 4 rings (SSSR count). The highest BCUT2D eigenvalue weighted by molar-refractivity contribution is 6.05. The Bertz CT molecular complexity index is 976. The summed E-state index contributed by atoms with van der Waals surface area (Å²) in [5.41, 5.74) is 9.21. The Balaban J connectivity index is 1.64. The van der Waals surface area contributed by atoms with E-state index in [-0.39, 0.29) is 0 Å². The van der Waals surface area contributed by atoms with Crippen LogP contribution in [0.1, 0.15) is 93.9 Å². The second kappa shape index (κ2) is 9.42. The van der Waals surface area contributed by atoms with E-state index in [9.17, 15) is 5.11 Å². The Morgan fingerprint density at radius 3 is 2.45 bits per heavy atom. The third-order valence-corrected chi connectivity index (χ3v) is 7.43. The highest BCUT2D eigenvalue weighted by atomic mass is 16.3. The average molecular weight is 416 g/mol. The van der Waals surface area contributed by atoms with Gasteiger partial charge in [-0.2, -0.15) is 0 Å². The predicted octanol–water partition coefficient (Wildman–Crippen LogP) is 7.56. The van der Waals surface area contributed by atoms with E-state index in [1.54, 1.807) is 5.57 Å². The van der Waals surface area contributed by atoms with Crippen molar-refractivity contribution in [3.63, 3.8) is 0 Å². The maximum atomic E-state index is 10.9. The van der Waals surface area contributed by atoms with E-state index in [2.05, 4.69) is 64.1 Å².